The zero-order chi connectivity index (χ0) is 21.5. The summed E-state index contributed by atoms with van der Waals surface area (Å²) in [6.07, 6.45) is 0.592. The molecule has 0 radical (unpaired) electrons. The predicted octanol–water partition coefficient (Wildman–Crippen LogP) is 4.09. The first kappa shape index (κ1) is 19.6. The molecule has 0 saturated heterocycles. The van der Waals surface area contributed by atoms with Gasteiger partial charge in [-0.3, -0.25) is 10.1 Å². The van der Waals surface area contributed by atoms with E-state index in [1.165, 1.54) is 18.5 Å². The molecule has 0 spiro atoms. The molecule has 1 aliphatic rings. The van der Waals surface area contributed by atoms with Crippen LogP contribution in [0.5, 0.6) is 0 Å². The number of carbonyl (C=O) groups is 1. The maximum atomic E-state index is 13.5. The number of rotatable bonds is 6. The molecule has 11 heteroatoms. The molecule has 1 fully saturated rings. The number of nitrogens with zero attached hydrogens (tertiary/aromatic N) is 6. The van der Waals surface area contributed by atoms with Gasteiger partial charge in [-0.25, -0.2) is 27.9 Å². The predicted molar refractivity (Wildman–Crippen MR) is 108 cm³/mol. The summed E-state index contributed by atoms with van der Waals surface area (Å²) in [7, 11) is 0. The van der Waals surface area contributed by atoms with Gasteiger partial charge in [0, 0.05) is 22.7 Å². The summed E-state index contributed by atoms with van der Waals surface area (Å²) in [4.78, 5) is 21.1. The van der Waals surface area contributed by atoms with Crippen LogP contribution in [-0.2, 0) is 6.54 Å². The Hall–Kier alpha value is -3.40. The van der Waals surface area contributed by atoms with Gasteiger partial charge in [-0.2, -0.15) is 5.10 Å². The molecule has 158 valence electrons. The molecule has 1 saturated carbocycles. The summed E-state index contributed by atoms with van der Waals surface area (Å²) in [6.45, 7) is 0.420. The van der Waals surface area contributed by atoms with Crippen LogP contribution in [0.4, 0.5) is 14.7 Å². The Labute approximate surface area is 179 Å². The topological polar surface area (TPSA) is 90.0 Å². The maximum absolute atomic E-state index is 13.5. The number of anilines is 1. The van der Waals surface area contributed by atoms with Crippen LogP contribution in [0.2, 0.25) is 5.02 Å². The first-order chi connectivity index (χ1) is 15.0. The number of hydrogen-bond acceptors (Lipinski definition) is 5. The molecular formula is C20H16ClF2N7O. The second kappa shape index (κ2) is 7.69. The number of fused-ring (bicyclic) bond motifs is 1. The average molecular weight is 444 g/mol. The molecule has 1 N–H and O–H groups in total. The van der Waals surface area contributed by atoms with E-state index in [-0.39, 0.29) is 28.9 Å². The fourth-order valence-electron chi connectivity index (χ4n) is 3.29. The Balaban J connectivity index is 1.36. The quantitative estimate of drug-likeness (QED) is 0.484. The van der Waals surface area contributed by atoms with Crippen LogP contribution < -0.4 is 5.32 Å². The van der Waals surface area contributed by atoms with E-state index in [0.717, 1.165) is 22.9 Å². The molecule has 5 rings (SSSR count). The first-order valence-corrected chi connectivity index (χ1v) is 9.98. The molecule has 8 nitrogen and oxygen atoms in total. The van der Waals surface area contributed by atoms with Crippen molar-refractivity contribution in [3.8, 4) is 0 Å². The van der Waals surface area contributed by atoms with E-state index in [1.54, 1.807) is 10.7 Å². The van der Waals surface area contributed by atoms with Gasteiger partial charge in [-0.15, -0.1) is 5.10 Å². The van der Waals surface area contributed by atoms with E-state index in [2.05, 4.69) is 25.5 Å². The van der Waals surface area contributed by atoms with Crippen LogP contribution in [0.15, 0.2) is 42.7 Å². The molecule has 0 unspecified atom stereocenters. The van der Waals surface area contributed by atoms with Crippen LogP contribution in [-0.4, -0.2) is 35.3 Å². The summed E-state index contributed by atoms with van der Waals surface area (Å²) in [5.41, 5.74) is 1.41. The second-order valence-corrected chi connectivity index (χ2v) is 7.77. The molecular weight excluding hydrogens is 428 g/mol. The summed E-state index contributed by atoms with van der Waals surface area (Å²) in [5.74, 6) is -0.341. The molecule has 1 aliphatic carbocycles. The van der Waals surface area contributed by atoms with Gasteiger partial charge in [0.25, 0.3) is 12.3 Å². The smallest absolute Gasteiger partial charge is 0.280 e. The van der Waals surface area contributed by atoms with Crippen molar-refractivity contribution in [3.05, 3.63) is 70.4 Å². The van der Waals surface area contributed by atoms with Crippen molar-refractivity contribution in [3.63, 3.8) is 0 Å². The highest BCUT2D eigenvalue weighted by Crippen LogP contribution is 2.40. The molecule has 0 bridgehead atoms. The van der Waals surface area contributed by atoms with Crippen molar-refractivity contribution in [1.29, 1.82) is 0 Å². The van der Waals surface area contributed by atoms with Gasteiger partial charge < -0.3 is 0 Å². The average Bonchev–Trinajstić information content (AvgIpc) is 3.35. The summed E-state index contributed by atoms with van der Waals surface area (Å²) in [5, 5.41) is 11.4. The van der Waals surface area contributed by atoms with E-state index in [1.807, 2.05) is 18.2 Å². The van der Waals surface area contributed by atoms with Crippen LogP contribution in [0.3, 0.4) is 0 Å². The summed E-state index contributed by atoms with van der Waals surface area (Å²) in [6, 6.07) is 10.1. The third-order valence-electron chi connectivity index (χ3n) is 4.92. The van der Waals surface area contributed by atoms with Crippen molar-refractivity contribution in [2.75, 3.05) is 5.32 Å². The van der Waals surface area contributed by atoms with Crippen LogP contribution >= 0.6 is 11.6 Å². The lowest BCUT2D eigenvalue weighted by atomic mass is 10.2. The number of hydrogen-bond donors (Lipinski definition) is 1. The number of carbonyl (C=O) groups excluding carboxylic acids is 1. The normalized spacial score (nSPS) is 13.8. The molecule has 1 amide bonds. The summed E-state index contributed by atoms with van der Waals surface area (Å²) >= 11 is 5.98. The first-order valence-electron chi connectivity index (χ1n) is 9.60. The van der Waals surface area contributed by atoms with Crippen LogP contribution in [0.25, 0.3) is 5.65 Å². The lowest BCUT2D eigenvalue weighted by Crippen LogP contribution is -2.14. The number of benzene rings is 1. The van der Waals surface area contributed by atoms with Gasteiger partial charge >= 0.3 is 0 Å². The highest BCUT2D eigenvalue weighted by molar-refractivity contribution is 6.30. The van der Waals surface area contributed by atoms with Gasteiger partial charge in [0.15, 0.2) is 11.3 Å². The zero-order valence-electron chi connectivity index (χ0n) is 16.0. The number of aromatic nitrogens is 6. The Morgan fingerprint density at radius 1 is 1.23 bits per heavy atom. The van der Waals surface area contributed by atoms with E-state index in [0.29, 0.717) is 17.3 Å². The molecule has 31 heavy (non-hydrogen) atoms. The van der Waals surface area contributed by atoms with Gasteiger partial charge in [0.2, 0.25) is 5.95 Å². The zero-order valence-corrected chi connectivity index (χ0v) is 16.8. The minimum Gasteiger partial charge on any atom is -0.288 e. The minimum absolute atomic E-state index is 0.0476. The van der Waals surface area contributed by atoms with E-state index in [4.69, 9.17) is 11.6 Å². The molecule has 3 aromatic heterocycles. The lowest BCUT2D eigenvalue weighted by molar-refractivity contribution is 0.102. The number of alkyl halides is 2. The third kappa shape index (κ3) is 4.11. The summed E-state index contributed by atoms with van der Waals surface area (Å²) < 4.78 is 29.6. The lowest BCUT2D eigenvalue weighted by Gasteiger charge is -2.06. The Morgan fingerprint density at radius 2 is 2.06 bits per heavy atom. The van der Waals surface area contributed by atoms with Crippen molar-refractivity contribution >= 4 is 29.1 Å². The number of amides is 1. The standard InChI is InChI=1S/C20H16ClF2N7O/c21-13-3-1-2-11(6-13)9-29-10-24-20(28-29)26-19(31)15-8-17-25-14(12-4-5-12)7-16(18(22)23)30(17)27-15/h1-3,6-8,10,12,18H,4-5,9H2,(H,26,28,31). The molecule has 3 heterocycles. The number of halogens is 3. The van der Waals surface area contributed by atoms with Crippen molar-refractivity contribution < 1.29 is 13.6 Å². The Kier molecular flexibility index (Phi) is 4.85. The molecule has 0 aliphatic heterocycles. The van der Waals surface area contributed by atoms with Crippen LogP contribution in [0.1, 0.15) is 52.6 Å². The third-order valence-corrected chi connectivity index (χ3v) is 5.16. The highest BCUT2D eigenvalue weighted by atomic mass is 35.5. The fourth-order valence-corrected chi connectivity index (χ4v) is 3.50. The largest absolute Gasteiger partial charge is 0.288 e. The minimum atomic E-state index is -2.73. The van der Waals surface area contributed by atoms with Gasteiger partial charge in [0.1, 0.15) is 12.0 Å². The number of nitrogens with one attached hydrogen (secondary N) is 1. The van der Waals surface area contributed by atoms with Gasteiger partial charge in [-0.1, -0.05) is 23.7 Å². The van der Waals surface area contributed by atoms with Gasteiger partial charge in [-0.05, 0) is 36.6 Å². The van der Waals surface area contributed by atoms with E-state index in [9.17, 15) is 13.6 Å². The molecule has 1 aromatic carbocycles. The Morgan fingerprint density at radius 3 is 2.81 bits per heavy atom. The molecule has 4 aromatic rings. The maximum Gasteiger partial charge on any atom is 0.280 e. The Bertz CT molecular complexity index is 1280. The molecule has 0 atom stereocenters. The SMILES string of the molecule is O=C(Nc1ncn(Cc2cccc(Cl)c2)n1)c1cc2nc(C3CC3)cc(C(F)F)n2n1. The van der Waals surface area contributed by atoms with Crippen molar-refractivity contribution in [2.45, 2.75) is 31.7 Å². The van der Waals surface area contributed by atoms with Crippen LogP contribution in [0, 0.1) is 0 Å². The highest BCUT2D eigenvalue weighted by Gasteiger charge is 2.28. The van der Waals surface area contributed by atoms with Crippen molar-refractivity contribution in [1.82, 2.24) is 29.4 Å². The monoisotopic (exact) mass is 443 g/mol. The second-order valence-electron chi connectivity index (χ2n) is 7.33. The fraction of sp³-hybridized carbons (Fsp3) is 0.250. The van der Waals surface area contributed by atoms with Gasteiger partial charge in [0.05, 0.1) is 6.54 Å². The van der Waals surface area contributed by atoms with E-state index >= 15 is 0 Å². The van der Waals surface area contributed by atoms with Crippen molar-refractivity contribution in [2.24, 2.45) is 0 Å². The van der Waals surface area contributed by atoms with E-state index < -0.39 is 12.3 Å².